The molecule has 1 atom stereocenters. The summed E-state index contributed by atoms with van der Waals surface area (Å²) in [6.45, 7) is 5.04. The zero-order chi connectivity index (χ0) is 12.5. The van der Waals surface area contributed by atoms with Gasteiger partial charge < -0.3 is 10.0 Å². The van der Waals surface area contributed by atoms with E-state index in [1.54, 1.807) is 6.92 Å². The number of β-amino-alcohol motifs (C(OH)–C–C–N with tert-alkyl or cyclic N) is 1. The highest BCUT2D eigenvalue weighted by Crippen LogP contribution is 2.26. The van der Waals surface area contributed by atoms with Gasteiger partial charge in [0.1, 0.15) is 0 Å². The maximum atomic E-state index is 11.7. The number of sulfonamides is 1. The second-order valence-corrected chi connectivity index (χ2v) is 7.45. The van der Waals surface area contributed by atoms with Gasteiger partial charge in [0.2, 0.25) is 10.0 Å². The summed E-state index contributed by atoms with van der Waals surface area (Å²) >= 11 is 0. The third-order valence-corrected chi connectivity index (χ3v) is 5.60. The summed E-state index contributed by atoms with van der Waals surface area (Å²) < 4.78 is 24.9. The molecule has 17 heavy (non-hydrogen) atoms. The zero-order valence-corrected chi connectivity index (χ0v) is 11.2. The summed E-state index contributed by atoms with van der Waals surface area (Å²) in [7, 11) is -3.15. The Hall–Kier alpha value is -0.170. The fourth-order valence-electron chi connectivity index (χ4n) is 2.73. The van der Waals surface area contributed by atoms with Crippen LogP contribution in [0.25, 0.3) is 0 Å². The molecule has 1 N–H and O–H groups in total. The topological polar surface area (TPSA) is 60.9 Å². The van der Waals surface area contributed by atoms with Crippen molar-refractivity contribution in [3.05, 3.63) is 0 Å². The molecular weight excluding hydrogens is 240 g/mol. The average molecular weight is 262 g/mol. The van der Waals surface area contributed by atoms with Gasteiger partial charge >= 0.3 is 0 Å². The van der Waals surface area contributed by atoms with Gasteiger partial charge in [0.25, 0.3) is 0 Å². The van der Waals surface area contributed by atoms with E-state index < -0.39 is 15.6 Å². The van der Waals surface area contributed by atoms with Crippen molar-refractivity contribution in [3.63, 3.8) is 0 Å². The van der Waals surface area contributed by atoms with Crippen molar-refractivity contribution in [1.29, 1.82) is 0 Å². The van der Waals surface area contributed by atoms with E-state index in [-0.39, 0.29) is 12.3 Å². The third kappa shape index (κ3) is 2.99. The van der Waals surface area contributed by atoms with E-state index in [9.17, 15) is 13.5 Å². The summed E-state index contributed by atoms with van der Waals surface area (Å²) in [4.78, 5) is 2.24. The molecule has 0 radical (unpaired) electrons. The Labute approximate surface area is 103 Å². The Kier molecular flexibility index (Phi) is 3.77. The molecule has 0 bridgehead atoms. The molecule has 2 rings (SSSR count). The van der Waals surface area contributed by atoms with E-state index in [0.717, 1.165) is 13.1 Å². The van der Waals surface area contributed by atoms with Crippen LogP contribution in [0, 0.1) is 0 Å². The lowest BCUT2D eigenvalue weighted by Crippen LogP contribution is -2.45. The normalized spacial score (nSPS) is 32.4. The summed E-state index contributed by atoms with van der Waals surface area (Å²) in [5.74, 6) is 0.118. The van der Waals surface area contributed by atoms with Gasteiger partial charge in [-0.05, 0) is 39.3 Å². The highest BCUT2D eigenvalue weighted by Gasteiger charge is 2.41. The van der Waals surface area contributed by atoms with Gasteiger partial charge in [-0.1, -0.05) is 0 Å². The van der Waals surface area contributed by atoms with Crippen LogP contribution < -0.4 is 0 Å². The van der Waals surface area contributed by atoms with Crippen molar-refractivity contribution in [1.82, 2.24) is 9.21 Å². The molecule has 5 nitrogen and oxygen atoms in total. The molecule has 0 amide bonds. The van der Waals surface area contributed by atoms with Gasteiger partial charge in [-0.3, -0.25) is 0 Å². The van der Waals surface area contributed by atoms with Crippen LogP contribution in [0.5, 0.6) is 0 Å². The first kappa shape index (κ1) is 13.3. The fourth-order valence-corrected chi connectivity index (χ4v) is 3.90. The molecule has 6 heteroatoms. The number of hydrogen-bond donors (Lipinski definition) is 1. The first-order valence-electron chi connectivity index (χ1n) is 6.38. The van der Waals surface area contributed by atoms with Crippen molar-refractivity contribution in [2.75, 3.05) is 38.5 Å². The largest absolute Gasteiger partial charge is 0.387 e. The molecule has 2 aliphatic rings. The van der Waals surface area contributed by atoms with Gasteiger partial charge in [0.15, 0.2) is 0 Å². The second-order valence-electron chi connectivity index (χ2n) is 5.19. The van der Waals surface area contributed by atoms with E-state index >= 15 is 0 Å². The molecular formula is C11H22N2O3S. The number of rotatable bonds is 4. The molecule has 2 heterocycles. The van der Waals surface area contributed by atoms with Crippen LogP contribution in [0.1, 0.15) is 26.2 Å². The Morgan fingerprint density at radius 3 is 2.47 bits per heavy atom. The lowest BCUT2D eigenvalue weighted by Gasteiger charge is -2.28. The minimum Gasteiger partial charge on any atom is -0.387 e. The number of aliphatic hydroxyl groups is 1. The molecule has 2 fully saturated rings. The minimum atomic E-state index is -3.15. The smallest absolute Gasteiger partial charge is 0.213 e. The lowest BCUT2D eigenvalue weighted by atomic mass is 10.0. The van der Waals surface area contributed by atoms with Crippen molar-refractivity contribution in [3.8, 4) is 0 Å². The Bertz CT molecular complexity index is 365. The predicted molar refractivity (Wildman–Crippen MR) is 66.3 cm³/mol. The van der Waals surface area contributed by atoms with Gasteiger partial charge in [-0.25, -0.2) is 8.42 Å². The van der Waals surface area contributed by atoms with Gasteiger partial charge in [0.05, 0.1) is 11.4 Å². The maximum Gasteiger partial charge on any atom is 0.213 e. The van der Waals surface area contributed by atoms with E-state index in [1.165, 1.54) is 17.1 Å². The van der Waals surface area contributed by atoms with Crippen LogP contribution in [0.3, 0.4) is 0 Å². The van der Waals surface area contributed by atoms with Gasteiger partial charge in [-0.2, -0.15) is 4.31 Å². The predicted octanol–water partition coefficient (Wildman–Crippen LogP) is -0.131. The third-order valence-electron chi connectivity index (χ3n) is 3.77. The van der Waals surface area contributed by atoms with Gasteiger partial charge in [-0.15, -0.1) is 0 Å². The van der Waals surface area contributed by atoms with E-state index in [1.807, 2.05) is 0 Å². The van der Waals surface area contributed by atoms with E-state index in [4.69, 9.17) is 0 Å². The zero-order valence-electron chi connectivity index (χ0n) is 10.4. The fraction of sp³-hybridized carbons (Fsp3) is 1.00. The lowest BCUT2D eigenvalue weighted by molar-refractivity contribution is 0.0233. The van der Waals surface area contributed by atoms with Crippen LogP contribution in [-0.4, -0.2) is 66.8 Å². The second kappa shape index (κ2) is 4.84. The minimum absolute atomic E-state index is 0.118. The number of likely N-dealkylation sites (tertiary alicyclic amines) is 1. The van der Waals surface area contributed by atoms with E-state index in [0.29, 0.717) is 19.5 Å². The molecule has 2 aliphatic heterocycles. The molecule has 0 aromatic carbocycles. The van der Waals surface area contributed by atoms with E-state index in [2.05, 4.69) is 4.90 Å². The van der Waals surface area contributed by atoms with Crippen molar-refractivity contribution < 1.29 is 13.5 Å². The first-order valence-corrected chi connectivity index (χ1v) is 7.99. The molecule has 2 saturated heterocycles. The quantitative estimate of drug-likeness (QED) is 0.766. The van der Waals surface area contributed by atoms with Gasteiger partial charge in [0, 0.05) is 19.6 Å². The number of nitrogens with zero attached hydrogens (tertiary/aromatic N) is 2. The van der Waals surface area contributed by atoms with Crippen LogP contribution in [0.2, 0.25) is 0 Å². The summed E-state index contributed by atoms with van der Waals surface area (Å²) in [5.41, 5.74) is -0.841. The molecule has 0 spiro atoms. The molecule has 0 saturated carbocycles. The van der Waals surface area contributed by atoms with Crippen molar-refractivity contribution in [2.45, 2.75) is 31.8 Å². The monoisotopic (exact) mass is 262 g/mol. The highest BCUT2D eigenvalue weighted by molar-refractivity contribution is 7.89. The van der Waals surface area contributed by atoms with Crippen molar-refractivity contribution >= 4 is 10.0 Å². The van der Waals surface area contributed by atoms with Crippen LogP contribution >= 0.6 is 0 Å². The Morgan fingerprint density at radius 1 is 1.24 bits per heavy atom. The molecule has 0 aromatic heterocycles. The summed E-state index contributed by atoms with van der Waals surface area (Å²) in [6.07, 6.45) is 2.93. The average Bonchev–Trinajstić information content (AvgIpc) is 2.89. The van der Waals surface area contributed by atoms with Crippen LogP contribution in [0.15, 0.2) is 0 Å². The molecule has 0 unspecified atom stereocenters. The Balaban J connectivity index is 1.95. The molecule has 0 aromatic rings. The SMILES string of the molecule is CCS(=O)(=O)N1CC[C@](O)(CN2CCCC2)C1. The van der Waals surface area contributed by atoms with Crippen molar-refractivity contribution in [2.24, 2.45) is 0 Å². The highest BCUT2D eigenvalue weighted by atomic mass is 32.2. The Morgan fingerprint density at radius 2 is 1.88 bits per heavy atom. The number of hydrogen-bond acceptors (Lipinski definition) is 4. The summed E-state index contributed by atoms with van der Waals surface area (Å²) in [6, 6.07) is 0. The molecule has 100 valence electrons. The summed E-state index contributed by atoms with van der Waals surface area (Å²) in [5, 5.41) is 10.4. The first-order chi connectivity index (χ1) is 7.95. The van der Waals surface area contributed by atoms with Crippen LogP contribution in [-0.2, 0) is 10.0 Å². The van der Waals surface area contributed by atoms with Crippen LogP contribution in [0.4, 0.5) is 0 Å². The standard InChI is InChI=1S/C11H22N2O3S/c1-2-17(15,16)13-8-5-11(14,10-13)9-12-6-3-4-7-12/h14H,2-10H2,1H3/t11-/m0/s1. The molecule has 0 aliphatic carbocycles. The maximum absolute atomic E-state index is 11.7.